The molecular weight excluding hydrogens is 289 g/mol. The second kappa shape index (κ2) is 5.60. The summed E-state index contributed by atoms with van der Waals surface area (Å²) in [7, 11) is 1.58. The van der Waals surface area contributed by atoms with Gasteiger partial charge >= 0.3 is 0 Å². The Balaban J connectivity index is 2.71. The minimum atomic E-state index is -0.428. The Morgan fingerprint density at radius 3 is 2.71 bits per heavy atom. The Bertz CT molecular complexity index is 421. The van der Waals surface area contributed by atoms with Crippen LogP contribution in [-0.2, 0) is 4.74 Å². The summed E-state index contributed by atoms with van der Waals surface area (Å²) in [6.07, 6.45) is 0. The molecule has 0 aliphatic rings. The van der Waals surface area contributed by atoms with Crippen LogP contribution in [0.1, 0.15) is 24.2 Å². The standard InChI is InChI=1S/C12H15BrFNO2/c1-12(2,17-3)7-15-11(16)9-5-4-8(14)6-10(9)13/h4-6H,7H2,1-3H3,(H,15,16). The van der Waals surface area contributed by atoms with E-state index < -0.39 is 5.60 Å². The summed E-state index contributed by atoms with van der Waals surface area (Å²) in [6.45, 7) is 4.12. The molecule has 1 aromatic carbocycles. The molecule has 0 aromatic heterocycles. The van der Waals surface area contributed by atoms with Gasteiger partial charge in [0.1, 0.15) is 5.82 Å². The molecule has 0 bridgehead atoms. The van der Waals surface area contributed by atoms with Crippen LogP contribution in [0.25, 0.3) is 0 Å². The third-order valence-electron chi connectivity index (χ3n) is 2.40. The number of nitrogens with one attached hydrogen (secondary N) is 1. The minimum absolute atomic E-state index is 0.262. The quantitative estimate of drug-likeness (QED) is 0.929. The fourth-order valence-corrected chi connectivity index (χ4v) is 1.67. The van der Waals surface area contributed by atoms with Crippen LogP contribution < -0.4 is 5.32 Å². The number of carbonyl (C=O) groups excluding carboxylic acids is 1. The molecule has 94 valence electrons. The van der Waals surface area contributed by atoms with Crippen molar-refractivity contribution in [3.05, 3.63) is 34.1 Å². The van der Waals surface area contributed by atoms with E-state index in [-0.39, 0.29) is 11.7 Å². The highest BCUT2D eigenvalue weighted by Gasteiger charge is 2.18. The van der Waals surface area contributed by atoms with Crippen molar-refractivity contribution in [2.24, 2.45) is 0 Å². The number of benzene rings is 1. The van der Waals surface area contributed by atoms with E-state index in [0.29, 0.717) is 16.6 Å². The second-order valence-electron chi connectivity index (χ2n) is 4.27. The van der Waals surface area contributed by atoms with Crippen LogP contribution in [0.2, 0.25) is 0 Å². The summed E-state index contributed by atoms with van der Waals surface area (Å²) in [5.41, 5.74) is -0.0272. The van der Waals surface area contributed by atoms with Crippen LogP contribution in [0.5, 0.6) is 0 Å². The van der Waals surface area contributed by atoms with E-state index >= 15 is 0 Å². The van der Waals surface area contributed by atoms with E-state index in [0.717, 1.165) is 0 Å². The number of amides is 1. The first-order chi connectivity index (χ1) is 7.85. The fraction of sp³-hybridized carbons (Fsp3) is 0.417. The van der Waals surface area contributed by atoms with Crippen molar-refractivity contribution in [3.8, 4) is 0 Å². The van der Waals surface area contributed by atoms with Gasteiger partial charge in [-0.1, -0.05) is 0 Å². The van der Waals surface area contributed by atoms with Gasteiger partial charge in [0.2, 0.25) is 0 Å². The van der Waals surface area contributed by atoms with E-state index in [2.05, 4.69) is 21.2 Å². The van der Waals surface area contributed by atoms with Gasteiger partial charge in [-0.2, -0.15) is 0 Å². The molecule has 0 aliphatic heterocycles. The largest absolute Gasteiger partial charge is 0.377 e. The first-order valence-corrected chi connectivity index (χ1v) is 5.93. The molecule has 0 saturated carbocycles. The van der Waals surface area contributed by atoms with Crippen LogP contribution in [-0.4, -0.2) is 25.2 Å². The van der Waals surface area contributed by atoms with E-state index in [1.165, 1.54) is 18.2 Å². The molecule has 0 heterocycles. The lowest BCUT2D eigenvalue weighted by atomic mass is 10.1. The number of hydrogen-bond acceptors (Lipinski definition) is 2. The lowest BCUT2D eigenvalue weighted by molar-refractivity contribution is 0.0228. The van der Waals surface area contributed by atoms with Crippen molar-refractivity contribution >= 4 is 21.8 Å². The first-order valence-electron chi connectivity index (χ1n) is 5.14. The van der Waals surface area contributed by atoms with E-state index in [4.69, 9.17) is 4.74 Å². The number of rotatable bonds is 4. The topological polar surface area (TPSA) is 38.3 Å². The van der Waals surface area contributed by atoms with E-state index in [1.807, 2.05) is 13.8 Å². The molecule has 5 heteroatoms. The van der Waals surface area contributed by atoms with Crippen LogP contribution in [0.3, 0.4) is 0 Å². The van der Waals surface area contributed by atoms with Gasteiger partial charge in [-0.15, -0.1) is 0 Å². The molecular formula is C12H15BrFNO2. The smallest absolute Gasteiger partial charge is 0.252 e. The maximum atomic E-state index is 12.9. The lowest BCUT2D eigenvalue weighted by Gasteiger charge is -2.23. The normalized spacial score (nSPS) is 11.4. The lowest BCUT2D eigenvalue weighted by Crippen LogP contribution is -2.39. The maximum absolute atomic E-state index is 12.9. The van der Waals surface area contributed by atoms with Crippen LogP contribution in [0.4, 0.5) is 4.39 Å². The van der Waals surface area contributed by atoms with Gasteiger partial charge < -0.3 is 10.1 Å². The van der Waals surface area contributed by atoms with Crippen molar-refractivity contribution < 1.29 is 13.9 Å². The molecule has 0 spiro atoms. The molecule has 0 fully saturated rings. The van der Waals surface area contributed by atoms with Crippen LogP contribution in [0, 0.1) is 5.82 Å². The molecule has 1 aromatic rings. The van der Waals surface area contributed by atoms with Crippen molar-refractivity contribution in [2.45, 2.75) is 19.4 Å². The average Bonchev–Trinajstić information content (AvgIpc) is 2.26. The summed E-state index contributed by atoms with van der Waals surface area (Å²) in [4.78, 5) is 11.8. The third kappa shape index (κ3) is 4.09. The second-order valence-corrected chi connectivity index (χ2v) is 5.12. The van der Waals surface area contributed by atoms with Gasteiger partial charge in [-0.05, 0) is 48.0 Å². The Labute approximate surface area is 108 Å². The number of carbonyl (C=O) groups is 1. The van der Waals surface area contributed by atoms with Gasteiger partial charge in [0.15, 0.2) is 0 Å². The SMILES string of the molecule is COC(C)(C)CNC(=O)c1ccc(F)cc1Br. The summed E-state index contributed by atoms with van der Waals surface area (Å²) in [6, 6.07) is 3.95. The van der Waals surface area contributed by atoms with Gasteiger partial charge in [0.05, 0.1) is 11.2 Å². The van der Waals surface area contributed by atoms with Gasteiger partial charge in [0.25, 0.3) is 5.91 Å². The maximum Gasteiger partial charge on any atom is 0.252 e. The monoisotopic (exact) mass is 303 g/mol. The molecule has 0 aliphatic carbocycles. The number of halogens is 2. The number of hydrogen-bond donors (Lipinski definition) is 1. The fourth-order valence-electron chi connectivity index (χ4n) is 1.13. The molecule has 1 amide bonds. The van der Waals surface area contributed by atoms with Crippen molar-refractivity contribution in [2.75, 3.05) is 13.7 Å². The molecule has 17 heavy (non-hydrogen) atoms. The van der Waals surface area contributed by atoms with Gasteiger partial charge in [-0.25, -0.2) is 4.39 Å². The Hall–Kier alpha value is -0.940. The summed E-state index contributed by atoms with van der Waals surface area (Å²) >= 11 is 3.15. The first kappa shape index (κ1) is 14.1. The van der Waals surface area contributed by atoms with Gasteiger partial charge in [0, 0.05) is 18.1 Å². The minimum Gasteiger partial charge on any atom is -0.377 e. The summed E-state index contributed by atoms with van der Waals surface area (Å²) < 4.78 is 18.5. The molecule has 3 nitrogen and oxygen atoms in total. The third-order valence-corrected chi connectivity index (χ3v) is 3.06. The van der Waals surface area contributed by atoms with Crippen LogP contribution >= 0.6 is 15.9 Å². The molecule has 0 unspecified atom stereocenters. The predicted octanol–water partition coefficient (Wildman–Crippen LogP) is 2.74. The molecule has 0 radical (unpaired) electrons. The highest BCUT2D eigenvalue weighted by atomic mass is 79.9. The Morgan fingerprint density at radius 2 is 2.18 bits per heavy atom. The van der Waals surface area contributed by atoms with Crippen LogP contribution in [0.15, 0.2) is 22.7 Å². The van der Waals surface area contributed by atoms with Gasteiger partial charge in [-0.3, -0.25) is 4.79 Å². The number of methoxy groups -OCH3 is 1. The summed E-state index contributed by atoms with van der Waals surface area (Å²) in [5.74, 6) is -0.646. The highest BCUT2D eigenvalue weighted by molar-refractivity contribution is 9.10. The zero-order chi connectivity index (χ0) is 13.1. The van der Waals surface area contributed by atoms with E-state index in [9.17, 15) is 9.18 Å². The van der Waals surface area contributed by atoms with E-state index in [1.54, 1.807) is 7.11 Å². The Morgan fingerprint density at radius 1 is 1.53 bits per heavy atom. The molecule has 0 atom stereocenters. The van der Waals surface area contributed by atoms with Crippen molar-refractivity contribution in [3.63, 3.8) is 0 Å². The van der Waals surface area contributed by atoms with Crippen molar-refractivity contribution in [1.82, 2.24) is 5.32 Å². The molecule has 0 saturated heterocycles. The zero-order valence-corrected chi connectivity index (χ0v) is 11.6. The molecule has 1 rings (SSSR count). The average molecular weight is 304 g/mol. The predicted molar refractivity (Wildman–Crippen MR) is 67.5 cm³/mol. The number of ether oxygens (including phenoxy) is 1. The summed E-state index contributed by atoms with van der Waals surface area (Å²) in [5, 5.41) is 2.73. The zero-order valence-electron chi connectivity index (χ0n) is 10.0. The highest BCUT2D eigenvalue weighted by Crippen LogP contribution is 2.18. The molecule has 1 N–H and O–H groups in total. The Kier molecular flexibility index (Phi) is 4.65. The van der Waals surface area contributed by atoms with Crippen molar-refractivity contribution in [1.29, 1.82) is 0 Å².